The van der Waals surface area contributed by atoms with Crippen LogP contribution in [0.3, 0.4) is 0 Å². The molecular weight excluding hydrogens is 468 g/mol. The molecule has 1 aliphatic heterocycles. The van der Waals surface area contributed by atoms with Crippen molar-refractivity contribution in [2.45, 2.75) is 26.2 Å². The molecule has 5 aromatic rings. The van der Waals surface area contributed by atoms with Gasteiger partial charge in [0.1, 0.15) is 47.0 Å². The summed E-state index contributed by atoms with van der Waals surface area (Å²) in [5.74, 6) is 3.35. The summed E-state index contributed by atoms with van der Waals surface area (Å²) in [6.45, 7) is 2.95. The largest absolute Gasteiger partial charge is 0.497 e. The van der Waals surface area contributed by atoms with Gasteiger partial charge < -0.3 is 29.2 Å². The second-order valence-corrected chi connectivity index (χ2v) is 8.82. The van der Waals surface area contributed by atoms with Gasteiger partial charge in [0.05, 0.1) is 25.5 Å². The molecular formula is C29H26N4O4. The van der Waals surface area contributed by atoms with Gasteiger partial charge in [0, 0.05) is 17.3 Å². The molecule has 0 saturated carbocycles. The monoisotopic (exact) mass is 494 g/mol. The molecule has 2 aromatic heterocycles. The number of rotatable bonds is 7. The van der Waals surface area contributed by atoms with E-state index < -0.39 is 0 Å². The minimum atomic E-state index is -0.0472. The maximum atomic E-state index is 6.27. The third-order valence-corrected chi connectivity index (χ3v) is 6.46. The van der Waals surface area contributed by atoms with Crippen LogP contribution in [0.2, 0.25) is 0 Å². The summed E-state index contributed by atoms with van der Waals surface area (Å²) in [5.41, 5.74) is 12.0. The highest BCUT2D eigenvalue weighted by Gasteiger charge is 2.30. The normalized spacial score (nSPS) is 14.5. The number of aromatic nitrogens is 3. The smallest absolute Gasteiger partial charge is 0.151 e. The van der Waals surface area contributed by atoms with Crippen LogP contribution in [-0.2, 0) is 18.0 Å². The Morgan fingerprint density at radius 2 is 1.73 bits per heavy atom. The molecule has 0 saturated heterocycles. The first-order valence-electron chi connectivity index (χ1n) is 12.0. The van der Waals surface area contributed by atoms with Crippen LogP contribution in [0, 0.1) is 0 Å². The van der Waals surface area contributed by atoms with Crippen molar-refractivity contribution in [2.75, 3.05) is 12.8 Å². The molecule has 1 atom stereocenters. The number of benzene rings is 3. The van der Waals surface area contributed by atoms with E-state index in [1.165, 1.54) is 6.33 Å². The average molecular weight is 495 g/mol. The second kappa shape index (κ2) is 9.48. The molecule has 186 valence electrons. The average Bonchev–Trinajstić information content (AvgIpc) is 3.47. The fourth-order valence-electron chi connectivity index (χ4n) is 4.70. The molecule has 2 N–H and O–H groups in total. The summed E-state index contributed by atoms with van der Waals surface area (Å²) in [6, 6.07) is 23.2. The molecule has 3 aromatic carbocycles. The first-order valence-corrected chi connectivity index (χ1v) is 12.0. The zero-order chi connectivity index (χ0) is 25.4. The van der Waals surface area contributed by atoms with Crippen LogP contribution in [0.25, 0.3) is 16.7 Å². The summed E-state index contributed by atoms with van der Waals surface area (Å²) in [5, 5.41) is 0. The third kappa shape index (κ3) is 4.32. The van der Waals surface area contributed by atoms with Gasteiger partial charge in [0.2, 0.25) is 0 Å². The van der Waals surface area contributed by atoms with E-state index in [0.29, 0.717) is 30.5 Å². The van der Waals surface area contributed by atoms with Gasteiger partial charge >= 0.3 is 0 Å². The predicted molar refractivity (Wildman–Crippen MR) is 140 cm³/mol. The highest BCUT2D eigenvalue weighted by molar-refractivity contribution is 5.91. The molecule has 1 aliphatic rings. The fraction of sp³-hybridized carbons (Fsp3) is 0.172. The Balaban J connectivity index is 1.22. The Morgan fingerprint density at radius 1 is 0.946 bits per heavy atom. The van der Waals surface area contributed by atoms with Gasteiger partial charge in [0.25, 0.3) is 0 Å². The molecule has 8 heteroatoms. The summed E-state index contributed by atoms with van der Waals surface area (Å²) >= 11 is 0. The topological polar surface area (TPSA) is 93.7 Å². The Hall–Kier alpha value is -4.56. The summed E-state index contributed by atoms with van der Waals surface area (Å²) in [6.07, 6.45) is 1.45. The Kier molecular flexibility index (Phi) is 5.86. The van der Waals surface area contributed by atoms with Gasteiger partial charge in [-0.25, -0.2) is 9.97 Å². The lowest BCUT2D eigenvalue weighted by Gasteiger charge is -2.12. The molecule has 0 bridgehead atoms. The first-order chi connectivity index (χ1) is 18.1. The van der Waals surface area contributed by atoms with Gasteiger partial charge in [-0.2, -0.15) is 0 Å². The van der Waals surface area contributed by atoms with E-state index in [0.717, 1.165) is 45.0 Å². The van der Waals surface area contributed by atoms with Crippen molar-refractivity contribution in [3.05, 3.63) is 95.9 Å². The van der Waals surface area contributed by atoms with Crippen LogP contribution >= 0.6 is 0 Å². The van der Waals surface area contributed by atoms with Gasteiger partial charge in [-0.15, -0.1) is 0 Å². The molecule has 0 radical (unpaired) electrons. The third-order valence-electron chi connectivity index (χ3n) is 6.46. The molecule has 0 spiro atoms. The first kappa shape index (κ1) is 22.9. The van der Waals surface area contributed by atoms with Crippen molar-refractivity contribution < 1.29 is 18.9 Å². The maximum Gasteiger partial charge on any atom is 0.151 e. The van der Waals surface area contributed by atoms with E-state index >= 15 is 0 Å². The van der Waals surface area contributed by atoms with Crippen molar-refractivity contribution >= 4 is 16.9 Å². The SMILES string of the molecule is COc1cccc(COc2cccc(Oc3ccc(-n4c5c(c6ncnc(N)c64)C(C)OC5)cc3)c2)c1. The maximum absolute atomic E-state index is 6.27. The van der Waals surface area contributed by atoms with E-state index in [4.69, 9.17) is 24.7 Å². The van der Waals surface area contributed by atoms with Crippen LogP contribution < -0.4 is 19.9 Å². The molecule has 8 nitrogen and oxygen atoms in total. The quantitative estimate of drug-likeness (QED) is 0.298. The Morgan fingerprint density at radius 3 is 2.57 bits per heavy atom. The van der Waals surface area contributed by atoms with Gasteiger partial charge in [-0.1, -0.05) is 18.2 Å². The van der Waals surface area contributed by atoms with Crippen molar-refractivity contribution in [3.8, 4) is 28.7 Å². The minimum Gasteiger partial charge on any atom is -0.497 e. The zero-order valence-corrected chi connectivity index (χ0v) is 20.5. The molecule has 3 heterocycles. The molecule has 0 fully saturated rings. The number of hydrogen-bond acceptors (Lipinski definition) is 7. The molecule has 6 rings (SSSR count). The summed E-state index contributed by atoms with van der Waals surface area (Å²) in [4.78, 5) is 8.72. The number of methoxy groups -OCH3 is 1. The van der Waals surface area contributed by atoms with Crippen LogP contribution in [0.1, 0.15) is 29.8 Å². The van der Waals surface area contributed by atoms with Crippen molar-refractivity contribution in [1.82, 2.24) is 14.5 Å². The van der Waals surface area contributed by atoms with Crippen LogP contribution in [0.15, 0.2) is 79.1 Å². The van der Waals surface area contributed by atoms with Crippen molar-refractivity contribution in [2.24, 2.45) is 0 Å². The van der Waals surface area contributed by atoms with Crippen LogP contribution in [0.5, 0.6) is 23.0 Å². The molecule has 0 aliphatic carbocycles. The van der Waals surface area contributed by atoms with E-state index in [9.17, 15) is 0 Å². The van der Waals surface area contributed by atoms with Crippen molar-refractivity contribution in [3.63, 3.8) is 0 Å². The second-order valence-electron chi connectivity index (χ2n) is 8.82. The lowest BCUT2D eigenvalue weighted by atomic mass is 10.1. The molecule has 37 heavy (non-hydrogen) atoms. The van der Waals surface area contributed by atoms with Gasteiger partial charge in [0.15, 0.2) is 5.82 Å². The number of ether oxygens (including phenoxy) is 4. The zero-order valence-electron chi connectivity index (χ0n) is 20.5. The number of nitrogens with zero attached hydrogens (tertiary/aromatic N) is 3. The lowest BCUT2D eigenvalue weighted by Crippen LogP contribution is -2.03. The predicted octanol–water partition coefficient (Wildman–Crippen LogP) is 5.97. The number of nitrogens with two attached hydrogens (primary N) is 1. The fourth-order valence-corrected chi connectivity index (χ4v) is 4.70. The van der Waals surface area contributed by atoms with Crippen molar-refractivity contribution in [1.29, 1.82) is 0 Å². The van der Waals surface area contributed by atoms with E-state index in [2.05, 4.69) is 14.5 Å². The summed E-state index contributed by atoms with van der Waals surface area (Å²) < 4.78 is 25.3. The number of fused-ring (bicyclic) bond motifs is 3. The Labute approximate surface area is 214 Å². The number of hydrogen-bond donors (Lipinski definition) is 1. The van der Waals surface area contributed by atoms with E-state index in [1.807, 2.05) is 79.7 Å². The minimum absolute atomic E-state index is 0.0472. The lowest BCUT2D eigenvalue weighted by molar-refractivity contribution is 0.0783. The number of anilines is 1. The standard InChI is InChI=1S/C29H26N4O4/c1-18-26-25(16-35-18)33(28-27(26)31-17-32-29(28)30)20-9-11-21(12-10-20)37-24-8-4-7-23(14-24)36-15-19-5-3-6-22(13-19)34-2/h3-14,17-18H,15-16H2,1-2H3,(H2,30,31,32). The number of nitrogen functional groups attached to an aromatic ring is 1. The van der Waals surface area contributed by atoms with Crippen LogP contribution in [-0.4, -0.2) is 21.6 Å². The highest BCUT2D eigenvalue weighted by Crippen LogP contribution is 2.41. The molecule has 0 amide bonds. The summed E-state index contributed by atoms with van der Waals surface area (Å²) in [7, 11) is 1.65. The van der Waals surface area contributed by atoms with Crippen LogP contribution in [0.4, 0.5) is 5.82 Å². The molecule has 1 unspecified atom stereocenters. The Bertz CT molecular complexity index is 1580. The van der Waals surface area contributed by atoms with E-state index in [-0.39, 0.29) is 6.10 Å². The highest BCUT2D eigenvalue weighted by atomic mass is 16.5. The van der Waals surface area contributed by atoms with Gasteiger partial charge in [-0.05, 0) is 61.0 Å². The van der Waals surface area contributed by atoms with E-state index in [1.54, 1.807) is 7.11 Å². The van der Waals surface area contributed by atoms with Gasteiger partial charge in [-0.3, -0.25) is 0 Å².